The Morgan fingerprint density at radius 3 is 2.39 bits per heavy atom. The van der Waals surface area contributed by atoms with Gasteiger partial charge in [0.2, 0.25) is 0 Å². The van der Waals surface area contributed by atoms with E-state index in [4.69, 9.17) is 25.8 Å². The van der Waals surface area contributed by atoms with Gasteiger partial charge in [-0.25, -0.2) is 0 Å². The van der Waals surface area contributed by atoms with Crippen LogP contribution in [0.25, 0.3) is 0 Å². The van der Waals surface area contributed by atoms with Gasteiger partial charge in [0.25, 0.3) is 5.91 Å². The van der Waals surface area contributed by atoms with Gasteiger partial charge < -0.3 is 19.5 Å². The maximum atomic E-state index is 12.3. The third-order valence-corrected chi connectivity index (χ3v) is 4.92. The molecule has 1 saturated heterocycles. The molecule has 2 aromatic carbocycles. The maximum absolute atomic E-state index is 12.3. The van der Waals surface area contributed by atoms with Gasteiger partial charge >= 0.3 is 0 Å². The number of nitrogens with zero attached hydrogens (tertiary/aromatic N) is 1. The minimum atomic E-state index is -0.164. The summed E-state index contributed by atoms with van der Waals surface area (Å²) in [6, 6.07) is 15.0. The first kappa shape index (κ1) is 20.5. The molecule has 1 amide bonds. The number of nitrogens with one attached hydrogen (secondary N) is 1. The Balaban J connectivity index is 1.55. The number of ether oxygens (including phenoxy) is 3. The zero-order valence-corrected chi connectivity index (χ0v) is 16.7. The third kappa shape index (κ3) is 5.86. The summed E-state index contributed by atoms with van der Waals surface area (Å²) >= 11 is 6.02. The molecule has 0 radical (unpaired) electrons. The van der Waals surface area contributed by atoms with Crippen molar-refractivity contribution in [2.75, 3.05) is 46.6 Å². The molecule has 28 heavy (non-hydrogen) atoms. The molecule has 1 heterocycles. The lowest BCUT2D eigenvalue weighted by molar-refractivity contribution is -0.123. The second-order valence-electron chi connectivity index (χ2n) is 6.48. The van der Waals surface area contributed by atoms with E-state index in [0.29, 0.717) is 30.5 Å². The van der Waals surface area contributed by atoms with Gasteiger partial charge in [-0.2, -0.15) is 0 Å². The van der Waals surface area contributed by atoms with Gasteiger partial charge in [0.1, 0.15) is 11.5 Å². The number of benzene rings is 2. The van der Waals surface area contributed by atoms with E-state index in [1.807, 2.05) is 24.3 Å². The summed E-state index contributed by atoms with van der Waals surface area (Å²) in [5.41, 5.74) is 1.11. The molecule has 3 rings (SSSR count). The zero-order valence-electron chi connectivity index (χ0n) is 15.9. The zero-order chi connectivity index (χ0) is 19.8. The van der Waals surface area contributed by atoms with Crippen LogP contribution < -0.4 is 14.8 Å². The highest BCUT2D eigenvalue weighted by Crippen LogP contribution is 2.23. The van der Waals surface area contributed by atoms with Crippen molar-refractivity contribution in [2.24, 2.45) is 0 Å². The highest BCUT2D eigenvalue weighted by molar-refractivity contribution is 6.30. The van der Waals surface area contributed by atoms with E-state index in [1.54, 1.807) is 31.4 Å². The second-order valence-corrected chi connectivity index (χ2v) is 6.92. The SMILES string of the molecule is COc1ccc(OCC(=O)NCC(c2ccc(Cl)cc2)N2CCOCC2)cc1. The lowest BCUT2D eigenvalue weighted by Gasteiger charge is -2.35. The van der Waals surface area contributed by atoms with Crippen LogP contribution >= 0.6 is 11.6 Å². The summed E-state index contributed by atoms with van der Waals surface area (Å²) in [6.45, 7) is 3.49. The Hall–Kier alpha value is -2.28. The van der Waals surface area contributed by atoms with Crippen LogP contribution in [0.2, 0.25) is 5.02 Å². The minimum absolute atomic E-state index is 0.0389. The number of amides is 1. The number of methoxy groups -OCH3 is 1. The molecule has 6 nitrogen and oxygen atoms in total. The van der Waals surface area contributed by atoms with Crippen LogP contribution in [0.15, 0.2) is 48.5 Å². The van der Waals surface area contributed by atoms with Crippen molar-refractivity contribution < 1.29 is 19.0 Å². The van der Waals surface area contributed by atoms with E-state index in [0.717, 1.165) is 24.4 Å². The summed E-state index contributed by atoms with van der Waals surface area (Å²) in [6.07, 6.45) is 0. The van der Waals surface area contributed by atoms with E-state index in [-0.39, 0.29) is 18.6 Å². The molecule has 1 fully saturated rings. The highest BCUT2D eigenvalue weighted by atomic mass is 35.5. The van der Waals surface area contributed by atoms with Crippen LogP contribution in [-0.2, 0) is 9.53 Å². The van der Waals surface area contributed by atoms with Crippen molar-refractivity contribution in [3.8, 4) is 11.5 Å². The molecule has 0 aliphatic carbocycles. The summed E-state index contributed by atoms with van der Waals surface area (Å²) < 4.78 is 16.1. The number of halogens is 1. The van der Waals surface area contributed by atoms with Crippen molar-refractivity contribution in [2.45, 2.75) is 6.04 Å². The van der Waals surface area contributed by atoms with Gasteiger partial charge in [-0.3, -0.25) is 9.69 Å². The van der Waals surface area contributed by atoms with Crippen molar-refractivity contribution in [1.82, 2.24) is 10.2 Å². The van der Waals surface area contributed by atoms with Crippen molar-refractivity contribution in [1.29, 1.82) is 0 Å². The molecule has 1 N–H and O–H groups in total. The van der Waals surface area contributed by atoms with E-state index >= 15 is 0 Å². The topological polar surface area (TPSA) is 60.0 Å². The van der Waals surface area contributed by atoms with Crippen LogP contribution in [0.3, 0.4) is 0 Å². The molecule has 1 unspecified atom stereocenters. The van der Waals surface area contributed by atoms with Gasteiger partial charge in [0.05, 0.1) is 26.4 Å². The van der Waals surface area contributed by atoms with Gasteiger partial charge in [-0.15, -0.1) is 0 Å². The van der Waals surface area contributed by atoms with Crippen LogP contribution in [0.1, 0.15) is 11.6 Å². The Kier molecular flexibility index (Phi) is 7.54. The number of morpholine rings is 1. The highest BCUT2D eigenvalue weighted by Gasteiger charge is 2.23. The van der Waals surface area contributed by atoms with Crippen molar-refractivity contribution >= 4 is 17.5 Å². The first-order valence-electron chi connectivity index (χ1n) is 9.26. The number of hydrogen-bond donors (Lipinski definition) is 1. The van der Waals surface area contributed by atoms with Crippen LogP contribution in [0, 0.1) is 0 Å². The molecule has 1 atom stereocenters. The molecule has 2 aromatic rings. The minimum Gasteiger partial charge on any atom is -0.497 e. The van der Waals surface area contributed by atoms with E-state index in [2.05, 4.69) is 10.2 Å². The number of hydrogen-bond acceptors (Lipinski definition) is 5. The monoisotopic (exact) mass is 404 g/mol. The fraction of sp³-hybridized carbons (Fsp3) is 0.381. The molecule has 0 aromatic heterocycles. The summed E-state index contributed by atoms with van der Waals surface area (Å²) in [5, 5.41) is 3.68. The summed E-state index contributed by atoms with van der Waals surface area (Å²) in [5.74, 6) is 1.20. The fourth-order valence-electron chi connectivity index (χ4n) is 3.11. The first-order valence-corrected chi connectivity index (χ1v) is 9.64. The second kappa shape index (κ2) is 10.3. The average molecular weight is 405 g/mol. The molecule has 150 valence electrons. The Labute approximate surface area is 170 Å². The molecular weight excluding hydrogens is 380 g/mol. The smallest absolute Gasteiger partial charge is 0.258 e. The molecule has 0 spiro atoms. The average Bonchev–Trinajstić information content (AvgIpc) is 2.75. The first-order chi connectivity index (χ1) is 13.7. The standard InChI is InChI=1S/C21H25ClN2O4/c1-26-18-6-8-19(9-7-18)28-15-21(25)23-14-20(24-10-12-27-13-11-24)16-2-4-17(22)5-3-16/h2-9,20H,10-15H2,1H3,(H,23,25). The van der Waals surface area contributed by atoms with Gasteiger partial charge in [0, 0.05) is 24.7 Å². The van der Waals surface area contributed by atoms with Gasteiger partial charge in [0.15, 0.2) is 6.61 Å². The van der Waals surface area contributed by atoms with Gasteiger partial charge in [-0.05, 0) is 42.0 Å². The predicted octanol–water partition coefficient (Wildman–Crippen LogP) is 2.92. The van der Waals surface area contributed by atoms with Crippen molar-refractivity contribution in [3.63, 3.8) is 0 Å². The van der Waals surface area contributed by atoms with Crippen LogP contribution in [-0.4, -0.2) is 57.4 Å². The molecule has 1 aliphatic heterocycles. The van der Waals surface area contributed by atoms with E-state index < -0.39 is 0 Å². The Morgan fingerprint density at radius 1 is 1.11 bits per heavy atom. The fourth-order valence-corrected chi connectivity index (χ4v) is 3.24. The van der Waals surface area contributed by atoms with E-state index in [9.17, 15) is 4.79 Å². The third-order valence-electron chi connectivity index (χ3n) is 4.66. The van der Waals surface area contributed by atoms with Crippen LogP contribution in [0.5, 0.6) is 11.5 Å². The van der Waals surface area contributed by atoms with E-state index in [1.165, 1.54) is 0 Å². The molecule has 1 aliphatic rings. The lowest BCUT2D eigenvalue weighted by atomic mass is 10.0. The number of carbonyl (C=O) groups excluding carboxylic acids is 1. The Morgan fingerprint density at radius 2 is 1.75 bits per heavy atom. The predicted molar refractivity (Wildman–Crippen MR) is 108 cm³/mol. The lowest BCUT2D eigenvalue weighted by Crippen LogP contribution is -2.44. The number of carbonyl (C=O) groups is 1. The normalized spacial score (nSPS) is 15.6. The maximum Gasteiger partial charge on any atom is 0.258 e. The van der Waals surface area contributed by atoms with Gasteiger partial charge in [-0.1, -0.05) is 23.7 Å². The summed E-state index contributed by atoms with van der Waals surface area (Å²) in [4.78, 5) is 14.6. The largest absolute Gasteiger partial charge is 0.497 e. The quantitative estimate of drug-likeness (QED) is 0.733. The number of rotatable bonds is 8. The molecule has 0 bridgehead atoms. The van der Waals surface area contributed by atoms with Crippen LogP contribution in [0.4, 0.5) is 0 Å². The molecular formula is C21H25ClN2O4. The van der Waals surface area contributed by atoms with Crippen molar-refractivity contribution in [3.05, 3.63) is 59.1 Å². The molecule has 0 saturated carbocycles. The Bertz CT molecular complexity index is 746. The molecule has 7 heteroatoms. The summed E-state index contributed by atoms with van der Waals surface area (Å²) in [7, 11) is 1.61.